The third-order valence-electron chi connectivity index (χ3n) is 3.31. The summed E-state index contributed by atoms with van der Waals surface area (Å²) in [6.07, 6.45) is 0. The Morgan fingerprint density at radius 1 is 1.37 bits per heavy atom. The summed E-state index contributed by atoms with van der Waals surface area (Å²) < 4.78 is 5.15. The maximum atomic E-state index is 11.9. The van der Waals surface area contributed by atoms with Crippen LogP contribution in [0.3, 0.4) is 0 Å². The monoisotopic (exact) mass is 263 g/mol. The van der Waals surface area contributed by atoms with Crippen LogP contribution in [0.25, 0.3) is 0 Å². The minimum atomic E-state index is -0.853. The van der Waals surface area contributed by atoms with Crippen LogP contribution in [0.1, 0.15) is 13.8 Å². The molecule has 0 spiro atoms. The Bertz CT molecular complexity index is 540. The van der Waals surface area contributed by atoms with E-state index in [2.05, 4.69) is 5.32 Å². The molecule has 2 rings (SSSR count). The molecule has 1 aromatic carbocycles. The fourth-order valence-electron chi connectivity index (χ4n) is 2.05. The van der Waals surface area contributed by atoms with E-state index in [1.165, 1.54) is 0 Å². The predicted molar refractivity (Wildman–Crippen MR) is 72.0 cm³/mol. The number of rotatable bonds is 2. The van der Waals surface area contributed by atoms with Crippen molar-refractivity contribution in [1.29, 1.82) is 0 Å². The molecule has 0 atom stereocenters. The van der Waals surface area contributed by atoms with E-state index in [0.717, 1.165) is 0 Å². The van der Waals surface area contributed by atoms with Crippen LogP contribution in [0.15, 0.2) is 18.2 Å². The highest BCUT2D eigenvalue weighted by atomic mass is 16.5. The number of nitrogens with zero attached hydrogens (tertiary/aromatic N) is 1. The predicted octanol–water partition coefficient (Wildman–Crippen LogP) is 0.519. The normalized spacial score (nSPS) is 18.2. The van der Waals surface area contributed by atoms with Crippen molar-refractivity contribution in [3.05, 3.63) is 18.2 Å². The molecule has 0 saturated carbocycles. The van der Waals surface area contributed by atoms with Crippen molar-refractivity contribution in [3.8, 4) is 5.75 Å². The second kappa shape index (κ2) is 4.46. The lowest BCUT2D eigenvalue weighted by Crippen LogP contribution is -2.64. The molecule has 0 radical (unpaired) electrons. The summed E-state index contributed by atoms with van der Waals surface area (Å²) in [7, 11) is 1.55. The number of anilines is 2. The van der Waals surface area contributed by atoms with E-state index < -0.39 is 5.54 Å². The van der Waals surface area contributed by atoms with Gasteiger partial charge in [0.1, 0.15) is 11.3 Å². The number of nitrogens with one attached hydrogen (secondary N) is 1. The molecule has 1 heterocycles. The van der Waals surface area contributed by atoms with Gasteiger partial charge in [-0.3, -0.25) is 14.9 Å². The van der Waals surface area contributed by atoms with Crippen LogP contribution in [0.4, 0.5) is 11.4 Å². The molecule has 0 aliphatic carbocycles. The van der Waals surface area contributed by atoms with E-state index in [-0.39, 0.29) is 18.4 Å². The highest BCUT2D eigenvalue weighted by molar-refractivity contribution is 6.07. The lowest BCUT2D eigenvalue weighted by molar-refractivity contribution is -0.135. The standard InChI is InChI=1S/C13H17N3O3/c1-13(2)12(18)15-11(17)7-16(13)10-6-8(19-3)4-5-9(10)14/h4-6H,7,14H2,1-3H3,(H,15,17,18). The van der Waals surface area contributed by atoms with Crippen LogP contribution >= 0.6 is 0 Å². The van der Waals surface area contributed by atoms with Crippen LogP contribution in [0.5, 0.6) is 5.75 Å². The summed E-state index contributed by atoms with van der Waals surface area (Å²) in [5.41, 5.74) is 6.21. The number of nitrogens with two attached hydrogens (primary N) is 1. The molecule has 0 bridgehead atoms. The maximum absolute atomic E-state index is 11.9. The Kier molecular flexibility index (Phi) is 3.09. The van der Waals surface area contributed by atoms with Gasteiger partial charge in [0.15, 0.2) is 0 Å². The van der Waals surface area contributed by atoms with Gasteiger partial charge in [-0.2, -0.15) is 0 Å². The average Bonchev–Trinajstić information content (AvgIpc) is 2.35. The van der Waals surface area contributed by atoms with Gasteiger partial charge >= 0.3 is 0 Å². The van der Waals surface area contributed by atoms with Crippen LogP contribution in [-0.4, -0.2) is 31.0 Å². The molecule has 1 aromatic rings. The van der Waals surface area contributed by atoms with Crippen molar-refractivity contribution >= 4 is 23.2 Å². The maximum Gasteiger partial charge on any atom is 0.251 e. The van der Waals surface area contributed by atoms with Gasteiger partial charge in [0, 0.05) is 6.07 Å². The molecule has 0 unspecified atom stereocenters. The van der Waals surface area contributed by atoms with Crippen molar-refractivity contribution in [2.75, 3.05) is 24.3 Å². The SMILES string of the molecule is COc1ccc(N)c(N2CC(=O)NC(=O)C2(C)C)c1. The number of methoxy groups -OCH3 is 1. The third kappa shape index (κ3) is 2.21. The number of piperazine rings is 1. The summed E-state index contributed by atoms with van der Waals surface area (Å²) >= 11 is 0. The van der Waals surface area contributed by atoms with Gasteiger partial charge in [0.25, 0.3) is 5.91 Å². The van der Waals surface area contributed by atoms with Gasteiger partial charge in [-0.15, -0.1) is 0 Å². The molecule has 1 fully saturated rings. The first-order valence-corrected chi connectivity index (χ1v) is 5.91. The Labute approximate surface area is 111 Å². The third-order valence-corrected chi connectivity index (χ3v) is 3.31. The van der Waals surface area contributed by atoms with Gasteiger partial charge in [0.05, 0.1) is 25.0 Å². The van der Waals surface area contributed by atoms with E-state index in [4.69, 9.17) is 10.5 Å². The summed E-state index contributed by atoms with van der Waals surface area (Å²) in [4.78, 5) is 25.2. The molecule has 1 saturated heterocycles. The first kappa shape index (κ1) is 13.2. The van der Waals surface area contributed by atoms with Gasteiger partial charge in [-0.1, -0.05) is 0 Å². The topological polar surface area (TPSA) is 84.7 Å². The average molecular weight is 263 g/mol. The largest absolute Gasteiger partial charge is 0.497 e. The van der Waals surface area contributed by atoms with Crippen LogP contribution in [0, 0.1) is 0 Å². The fraction of sp³-hybridized carbons (Fsp3) is 0.385. The lowest BCUT2D eigenvalue weighted by atomic mass is 9.97. The van der Waals surface area contributed by atoms with E-state index in [9.17, 15) is 9.59 Å². The van der Waals surface area contributed by atoms with Gasteiger partial charge in [0.2, 0.25) is 5.91 Å². The molecule has 3 N–H and O–H groups in total. The van der Waals surface area contributed by atoms with Crippen molar-refractivity contribution < 1.29 is 14.3 Å². The van der Waals surface area contributed by atoms with Crippen LogP contribution in [-0.2, 0) is 9.59 Å². The number of imide groups is 1. The smallest absolute Gasteiger partial charge is 0.251 e. The summed E-state index contributed by atoms with van der Waals surface area (Å²) in [6.45, 7) is 3.57. The first-order valence-electron chi connectivity index (χ1n) is 5.91. The molecule has 0 aromatic heterocycles. The number of hydrogen-bond acceptors (Lipinski definition) is 5. The molecular formula is C13H17N3O3. The number of benzene rings is 1. The summed E-state index contributed by atoms with van der Waals surface area (Å²) in [6, 6.07) is 5.15. The Morgan fingerprint density at radius 2 is 2.05 bits per heavy atom. The zero-order chi connectivity index (χ0) is 14.2. The van der Waals surface area contributed by atoms with Crippen molar-refractivity contribution in [2.45, 2.75) is 19.4 Å². The number of ether oxygens (including phenoxy) is 1. The quantitative estimate of drug-likeness (QED) is 0.600. The van der Waals surface area contributed by atoms with E-state index in [1.807, 2.05) is 0 Å². The molecule has 102 valence electrons. The van der Waals surface area contributed by atoms with Gasteiger partial charge < -0.3 is 15.4 Å². The number of hydrogen-bond donors (Lipinski definition) is 2. The van der Waals surface area contributed by atoms with Gasteiger partial charge in [-0.25, -0.2) is 0 Å². The number of nitrogen functional groups attached to an aromatic ring is 1. The molecule has 19 heavy (non-hydrogen) atoms. The first-order chi connectivity index (χ1) is 8.86. The molecule has 1 aliphatic rings. The second-order valence-corrected chi connectivity index (χ2v) is 4.95. The summed E-state index contributed by atoms with van der Waals surface area (Å²) in [5, 5.41) is 2.33. The minimum absolute atomic E-state index is 0.0795. The second-order valence-electron chi connectivity index (χ2n) is 4.95. The van der Waals surface area contributed by atoms with E-state index >= 15 is 0 Å². The highest BCUT2D eigenvalue weighted by Gasteiger charge is 2.41. The van der Waals surface area contributed by atoms with E-state index in [1.54, 1.807) is 44.1 Å². The Balaban J connectivity index is 2.49. The molecule has 1 aliphatic heterocycles. The number of carbonyl (C=O) groups is 2. The molecule has 2 amide bonds. The molecule has 6 heteroatoms. The van der Waals surface area contributed by atoms with Crippen molar-refractivity contribution in [3.63, 3.8) is 0 Å². The highest BCUT2D eigenvalue weighted by Crippen LogP contribution is 2.33. The fourth-order valence-corrected chi connectivity index (χ4v) is 2.05. The lowest BCUT2D eigenvalue weighted by Gasteiger charge is -2.42. The van der Waals surface area contributed by atoms with E-state index in [0.29, 0.717) is 17.1 Å². The van der Waals surface area contributed by atoms with Crippen LogP contribution in [0.2, 0.25) is 0 Å². The minimum Gasteiger partial charge on any atom is -0.497 e. The van der Waals surface area contributed by atoms with Crippen molar-refractivity contribution in [1.82, 2.24) is 5.32 Å². The zero-order valence-corrected chi connectivity index (χ0v) is 11.2. The van der Waals surface area contributed by atoms with Gasteiger partial charge in [-0.05, 0) is 26.0 Å². The molecule has 6 nitrogen and oxygen atoms in total. The Hall–Kier alpha value is -2.24. The number of carbonyl (C=O) groups excluding carboxylic acids is 2. The van der Waals surface area contributed by atoms with Crippen molar-refractivity contribution in [2.24, 2.45) is 0 Å². The zero-order valence-electron chi connectivity index (χ0n) is 11.2. The molecular weight excluding hydrogens is 246 g/mol. The number of amides is 2. The van der Waals surface area contributed by atoms with Crippen LogP contribution < -0.4 is 20.7 Å². The summed E-state index contributed by atoms with van der Waals surface area (Å²) in [5.74, 6) is -0.0593. The Morgan fingerprint density at radius 3 is 2.68 bits per heavy atom.